The smallest absolute Gasteiger partial charge is 0.150 e. The molecule has 0 saturated carbocycles. The van der Waals surface area contributed by atoms with E-state index in [1.807, 2.05) is 0 Å². The van der Waals surface area contributed by atoms with E-state index in [2.05, 4.69) is 10.3 Å². The molecule has 1 saturated heterocycles. The second-order valence-electron chi connectivity index (χ2n) is 4.35. The van der Waals surface area contributed by atoms with Crippen LogP contribution in [0.25, 0.3) is 5.69 Å². The van der Waals surface area contributed by atoms with Crippen molar-refractivity contribution in [2.75, 3.05) is 19.7 Å². The molecule has 1 atom stereocenters. The van der Waals surface area contributed by atoms with Crippen molar-refractivity contribution in [2.45, 2.75) is 6.10 Å². The van der Waals surface area contributed by atoms with Crippen molar-refractivity contribution >= 4 is 0 Å². The topological polar surface area (TPSA) is 39.1 Å². The summed E-state index contributed by atoms with van der Waals surface area (Å²) in [7, 11) is 0. The average Bonchev–Trinajstić information content (AvgIpc) is 2.89. The molecular formula is C13H13F2N3O. The Balaban J connectivity index is 1.99. The average molecular weight is 265 g/mol. The van der Waals surface area contributed by atoms with Gasteiger partial charge in [-0.2, -0.15) is 0 Å². The zero-order valence-electron chi connectivity index (χ0n) is 10.1. The summed E-state index contributed by atoms with van der Waals surface area (Å²) in [5.74, 6) is -1.22. The quantitative estimate of drug-likeness (QED) is 0.900. The Morgan fingerprint density at radius 2 is 2.26 bits per heavy atom. The summed E-state index contributed by atoms with van der Waals surface area (Å²) in [6.45, 7) is 2.05. The minimum atomic E-state index is -0.622. The first kappa shape index (κ1) is 12.3. The van der Waals surface area contributed by atoms with Gasteiger partial charge in [0.2, 0.25) is 0 Å². The molecule has 100 valence electrons. The number of nitrogens with zero attached hydrogens (tertiary/aromatic N) is 2. The maximum Gasteiger partial charge on any atom is 0.150 e. The number of hydrogen-bond donors (Lipinski definition) is 1. The van der Waals surface area contributed by atoms with Gasteiger partial charge in [-0.3, -0.25) is 4.57 Å². The second-order valence-corrected chi connectivity index (χ2v) is 4.35. The Kier molecular flexibility index (Phi) is 3.27. The number of morpholine rings is 1. The molecule has 0 spiro atoms. The van der Waals surface area contributed by atoms with E-state index in [-0.39, 0.29) is 11.8 Å². The number of rotatable bonds is 2. The van der Waals surface area contributed by atoms with Crippen molar-refractivity contribution < 1.29 is 13.5 Å². The molecule has 0 aliphatic carbocycles. The Morgan fingerprint density at radius 1 is 1.37 bits per heavy atom. The normalized spacial score (nSPS) is 19.6. The van der Waals surface area contributed by atoms with Crippen LogP contribution in [0.4, 0.5) is 8.78 Å². The van der Waals surface area contributed by atoms with Gasteiger partial charge in [0.15, 0.2) is 0 Å². The third-order valence-corrected chi connectivity index (χ3v) is 3.09. The molecule has 2 heterocycles. The highest BCUT2D eigenvalue weighted by Gasteiger charge is 2.21. The van der Waals surface area contributed by atoms with Gasteiger partial charge in [-0.25, -0.2) is 13.8 Å². The summed E-state index contributed by atoms with van der Waals surface area (Å²) in [6, 6.07) is 3.48. The van der Waals surface area contributed by atoms with Gasteiger partial charge in [-0.05, 0) is 12.1 Å². The van der Waals surface area contributed by atoms with E-state index in [1.165, 1.54) is 18.5 Å². The number of halogens is 2. The minimum absolute atomic E-state index is 0.180. The molecule has 2 aromatic rings. The Hall–Kier alpha value is -1.79. The lowest BCUT2D eigenvalue weighted by atomic mass is 10.2. The maximum absolute atomic E-state index is 13.8. The predicted octanol–water partition coefficient (Wildman–Crippen LogP) is 1.81. The van der Waals surface area contributed by atoms with Crippen LogP contribution in [0.15, 0.2) is 30.7 Å². The first-order chi connectivity index (χ1) is 9.25. The fourth-order valence-corrected chi connectivity index (χ4v) is 2.18. The van der Waals surface area contributed by atoms with E-state index in [0.717, 1.165) is 18.3 Å². The molecule has 19 heavy (non-hydrogen) atoms. The van der Waals surface area contributed by atoms with Gasteiger partial charge in [-0.15, -0.1) is 0 Å². The first-order valence-corrected chi connectivity index (χ1v) is 6.05. The van der Waals surface area contributed by atoms with Crippen LogP contribution < -0.4 is 5.32 Å². The van der Waals surface area contributed by atoms with Crippen molar-refractivity contribution in [3.05, 3.63) is 48.1 Å². The van der Waals surface area contributed by atoms with Crippen LogP contribution in [0.2, 0.25) is 0 Å². The fraction of sp³-hybridized carbons (Fsp3) is 0.308. The molecule has 1 aromatic heterocycles. The molecule has 0 radical (unpaired) electrons. The Morgan fingerprint density at radius 3 is 3.00 bits per heavy atom. The van der Waals surface area contributed by atoms with Gasteiger partial charge >= 0.3 is 0 Å². The van der Waals surface area contributed by atoms with Gasteiger partial charge in [0.25, 0.3) is 0 Å². The van der Waals surface area contributed by atoms with Crippen LogP contribution >= 0.6 is 0 Å². The summed E-state index contributed by atoms with van der Waals surface area (Å²) in [6.07, 6.45) is 2.96. The highest BCUT2D eigenvalue weighted by atomic mass is 19.1. The van der Waals surface area contributed by atoms with Crippen LogP contribution in [-0.4, -0.2) is 29.2 Å². The van der Waals surface area contributed by atoms with Crippen LogP contribution in [0, 0.1) is 11.6 Å². The third-order valence-electron chi connectivity index (χ3n) is 3.09. The van der Waals surface area contributed by atoms with Crippen LogP contribution in [0.5, 0.6) is 0 Å². The molecule has 1 aromatic carbocycles. The highest BCUT2D eigenvalue weighted by Crippen LogP contribution is 2.23. The number of ether oxygens (including phenoxy) is 1. The number of imidazole rings is 1. The summed E-state index contributed by atoms with van der Waals surface area (Å²) < 4.78 is 34.0. The van der Waals surface area contributed by atoms with Crippen molar-refractivity contribution in [1.29, 1.82) is 0 Å². The van der Waals surface area contributed by atoms with Gasteiger partial charge < -0.3 is 10.1 Å². The molecule has 1 unspecified atom stereocenters. The summed E-state index contributed by atoms with van der Waals surface area (Å²) in [4.78, 5) is 4.03. The van der Waals surface area contributed by atoms with Crippen LogP contribution in [0.1, 0.15) is 11.8 Å². The fourth-order valence-electron chi connectivity index (χ4n) is 2.18. The van der Waals surface area contributed by atoms with Crippen molar-refractivity contribution in [1.82, 2.24) is 14.9 Å². The molecule has 0 amide bonds. The summed E-state index contributed by atoms with van der Waals surface area (Å²) in [5, 5.41) is 3.21. The van der Waals surface area contributed by atoms with E-state index in [0.29, 0.717) is 13.2 Å². The lowest BCUT2D eigenvalue weighted by Gasteiger charge is -2.24. The lowest BCUT2D eigenvalue weighted by Crippen LogP contribution is -2.34. The molecule has 1 N–H and O–H groups in total. The number of benzene rings is 1. The van der Waals surface area contributed by atoms with E-state index in [1.54, 1.807) is 10.8 Å². The van der Waals surface area contributed by atoms with E-state index in [9.17, 15) is 8.78 Å². The Labute approximate surface area is 109 Å². The molecule has 6 heteroatoms. The molecular weight excluding hydrogens is 252 g/mol. The van der Waals surface area contributed by atoms with Gasteiger partial charge in [0.1, 0.15) is 17.7 Å². The molecule has 1 aliphatic rings. The lowest BCUT2D eigenvalue weighted by molar-refractivity contribution is 0.0240. The predicted molar refractivity (Wildman–Crippen MR) is 65.0 cm³/mol. The van der Waals surface area contributed by atoms with Crippen LogP contribution in [-0.2, 0) is 4.74 Å². The summed E-state index contributed by atoms with van der Waals surface area (Å²) in [5.41, 5.74) is 1.01. The largest absolute Gasteiger partial charge is 0.369 e. The van der Waals surface area contributed by atoms with E-state index in [4.69, 9.17) is 4.74 Å². The Bertz CT molecular complexity index is 579. The highest BCUT2D eigenvalue weighted by molar-refractivity contribution is 5.36. The van der Waals surface area contributed by atoms with Gasteiger partial charge in [0, 0.05) is 19.2 Å². The summed E-state index contributed by atoms with van der Waals surface area (Å²) >= 11 is 0. The number of nitrogens with one attached hydrogen (secondary N) is 1. The standard InChI is InChI=1S/C13H13F2N3O/c14-9-1-2-11(10(15)5-9)18-8-17-6-12(18)13-7-16-3-4-19-13/h1-2,5-6,8,13,16H,3-4,7H2. The first-order valence-electron chi connectivity index (χ1n) is 6.05. The zero-order chi connectivity index (χ0) is 13.2. The third kappa shape index (κ3) is 2.36. The molecule has 1 fully saturated rings. The number of hydrogen-bond acceptors (Lipinski definition) is 3. The second kappa shape index (κ2) is 5.07. The molecule has 0 bridgehead atoms. The monoisotopic (exact) mass is 265 g/mol. The molecule has 3 rings (SSSR count). The van der Waals surface area contributed by atoms with Crippen LogP contribution in [0.3, 0.4) is 0 Å². The minimum Gasteiger partial charge on any atom is -0.369 e. The van der Waals surface area contributed by atoms with E-state index >= 15 is 0 Å². The SMILES string of the molecule is Fc1ccc(-n2cncc2C2CNCCO2)c(F)c1. The number of aromatic nitrogens is 2. The van der Waals surface area contributed by atoms with Gasteiger partial charge in [0.05, 0.1) is 30.5 Å². The molecule has 4 nitrogen and oxygen atoms in total. The maximum atomic E-state index is 13.8. The van der Waals surface area contributed by atoms with E-state index < -0.39 is 11.6 Å². The van der Waals surface area contributed by atoms with Gasteiger partial charge in [-0.1, -0.05) is 0 Å². The van der Waals surface area contributed by atoms with Crippen molar-refractivity contribution in [3.8, 4) is 5.69 Å². The van der Waals surface area contributed by atoms with Crippen molar-refractivity contribution in [3.63, 3.8) is 0 Å². The molecule has 1 aliphatic heterocycles. The zero-order valence-corrected chi connectivity index (χ0v) is 10.1. The van der Waals surface area contributed by atoms with Crippen molar-refractivity contribution in [2.24, 2.45) is 0 Å².